The van der Waals surface area contributed by atoms with Crippen molar-refractivity contribution in [1.29, 1.82) is 0 Å². The number of carbonyl (C=O) groups is 2. The molecule has 248 valence electrons. The maximum Gasteiger partial charge on any atom is 0.259 e. The third kappa shape index (κ3) is 9.52. The predicted octanol–water partition coefficient (Wildman–Crippen LogP) is 2.51. The van der Waals surface area contributed by atoms with Crippen LogP contribution in [-0.4, -0.2) is 93.7 Å². The van der Waals surface area contributed by atoms with Crippen molar-refractivity contribution in [2.45, 2.75) is 94.1 Å². The van der Waals surface area contributed by atoms with Crippen LogP contribution in [0.5, 0.6) is 5.75 Å². The predicted molar refractivity (Wildman–Crippen MR) is 168 cm³/mol. The van der Waals surface area contributed by atoms with Gasteiger partial charge in [0.25, 0.3) is 5.91 Å². The molecule has 2 aliphatic rings. The van der Waals surface area contributed by atoms with Crippen molar-refractivity contribution >= 4 is 40.7 Å². The Bertz CT molecular complexity index is 1320. The molecule has 2 fully saturated rings. The van der Waals surface area contributed by atoms with Gasteiger partial charge in [0.05, 0.1) is 31.1 Å². The summed E-state index contributed by atoms with van der Waals surface area (Å²) in [6, 6.07) is 11.0. The molecule has 11 nitrogen and oxygen atoms in total. The molecule has 2 aromatic rings. The average Bonchev–Trinajstić information content (AvgIpc) is 3.98. The molecule has 2 amide bonds. The summed E-state index contributed by atoms with van der Waals surface area (Å²) >= 11 is 13.1. The first-order chi connectivity index (χ1) is 21.5. The molecule has 13 heteroatoms. The van der Waals surface area contributed by atoms with E-state index in [2.05, 4.69) is 5.32 Å². The highest BCUT2D eigenvalue weighted by Gasteiger charge is 2.53. The molecular formula is C32H42Cl2N2O9. The van der Waals surface area contributed by atoms with Crippen LogP contribution >= 0.6 is 23.2 Å². The number of likely N-dealkylation sites (N-methyl/N-ethyl adjacent to an activating group) is 1. The quantitative estimate of drug-likeness (QED) is 0.131. The second-order valence-electron chi connectivity index (χ2n) is 11.8. The number of rotatable bonds is 18. The zero-order chi connectivity index (χ0) is 32.7. The zero-order valence-corrected chi connectivity index (χ0v) is 26.7. The number of benzene rings is 2. The minimum absolute atomic E-state index is 0.120. The Labute approximate surface area is 272 Å². The van der Waals surface area contributed by atoms with E-state index in [1.807, 2.05) is 24.3 Å². The summed E-state index contributed by atoms with van der Waals surface area (Å²) in [6.45, 7) is -0.990. The molecule has 6 N–H and O–H groups in total. The first-order valence-corrected chi connectivity index (χ1v) is 16.0. The lowest BCUT2D eigenvalue weighted by Gasteiger charge is -2.26. The van der Waals surface area contributed by atoms with Crippen molar-refractivity contribution in [3.05, 3.63) is 57.6 Å². The van der Waals surface area contributed by atoms with Crippen LogP contribution < -0.4 is 15.0 Å². The Hall–Kier alpha value is -2.48. The van der Waals surface area contributed by atoms with E-state index in [1.54, 1.807) is 24.1 Å². The second kappa shape index (κ2) is 15.9. The van der Waals surface area contributed by atoms with Crippen molar-refractivity contribution in [3.63, 3.8) is 0 Å². The normalized spacial score (nSPS) is 18.0. The van der Waals surface area contributed by atoms with Crippen molar-refractivity contribution in [2.24, 2.45) is 0 Å². The fourth-order valence-corrected chi connectivity index (χ4v) is 5.41. The number of ether oxygens (including phenoxy) is 2. The lowest BCUT2D eigenvalue weighted by atomic mass is 10.0. The molecule has 45 heavy (non-hydrogen) atoms. The summed E-state index contributed by atoms with van der Waals surface area (Å²) in [6.07, 6.45) is -1.31. The second-order valence-corrected chi connectivity index (χ2v) is 12.6. The van der Waals surface area contributed by atoms with Gasteiger partial charge in [-0.15, -0.1) is 0 Å². The van der Waals surface area contributed by atoms with Gasteiger partial charge < -0.3 is 45.2 Å². The van der Waals surface area contributed by atoms with E-state index in [9.17, 15) is 30.0 Å². The monoisotopic (exact) mass is 668 g/mol. The number of nitrogens with one attached hydrogen (secondary N) is 1. The maximum atomic E-state index is 13.5. The number of carbonyl (C=O) groups excluding carboxylic acids is 2. The Balaban J connectivity index is 1.22. The summed E-state index contributed by atoms with van der Waals surface area (Å²) in [5.41, 5.74) is 1.26. The van der Waals surface area contributed by atoms with Crippen LogP contribution in [0.4, 0.5) is 5.69 Å². The lowest BCUT2D eigenvalue weighted by Crippen LogP contribution is -2.49. The van der Waals surface area contributed by atoms with Crippen LogP contribution in [0.2, 0.25) is 10.0 Å². The maximum absolute atomic E-state index is 13.5. The molecule has 2 saturated carbocycles. The zero-order valence-electron chi connectivity index (χ0n) is 25.2. The number of aliphatic hydroxyl groups excluding tert-OH is 5. The van der Waals surface area contributed by atoms with Crippen LogP contribution in [-0.2, 0) is 27.4 Å². The van der Waals surface area contributed by atoms with Gasteiger partial charge in [0.2, 0.25) is 5.91 Å². The number of aliphatic hydroxyl groups is 5. The molecular weight excluding hydrogens is 627 g/mol. The first kappa shape index (κ1) is 35.4. The molecule has 0 aromatic heterocycles. The summed E-state index contributed by atoms with van der Waals surface area (Å²) in [4.78, 5) is 27.2. The van der Waals surface area contributed by atoms with Crippen LogP contribution in [0.3, 0.4) is 0 Å². The lowest BCUT2D eigenvalue weighted by molar-refractivity contribution is -0.133. The summed E-state index contributed by atoms with van der Waals surface area (Å²) in [5, 5.41) is 51.1. The third-order valence-electron chi connectivity index (χ3n) is 8.10. The van der Waals surface area contributed by atoms with E-state index in [4.69, 9.17) is 37.8 Å². The molecule has 0 bridgehead atoms. The smallest absolute Gasteiger partial charge is 0.259 e. The molecule has 0 heterocycles. The van der Waals surface area contributed by atoms with E-state index >= 15 is 0 Å². The number of nitrogens with zero attached hydrogens (tertiary/aromatic N) is 1. The highest BCUT2D eigenvalue weighted by atomic mass is 35.5. The number of aryl methyl sites for hydroxylation is 1. The van der Waals surface area contributed by atoms with Crippen molar-refractivity contribution in [3.8, 4) is 5.75 Å². The van der Waals surface area contributed by atoms with Crippen LogP contribution in [0, 0.1) is 0 Å². The highest BCUT2D eigenvalue weighted by Crippen LogP contribution is 2.44. The van der Waals surface area contributed by atoms with Gasteiger partial charge in [-0.05, 0) is 80.3 Å². The van der Waals surface area contributed by atoms with E-state index in [0.717, 1.165) is 18.4 Å². The van der Waals surface area contributed by atoms with Crippen LogP contribution in [0.25, 0.3) is 0 Å². The van der Waals surface area contributed by atoms with Gasteiger partial charge in [0.1, 0.15) is 29.7 Å². The molecule has 0 unspecified atom stereocenters. The van der Waals surface area contributed by atoms with Gasteiger partial charge in [-0.2, -0.15) is 0 Å². The van der Waals surface area contributed by atoms with Gasteiger partial charge in [-0.25, -0.2) is 0 Å². The molecule has 4 atom stereocenters. The van der Waals surface area contributed by atoms with Crippen LogP contribution in [0.15, 0.2) is 36.4 Å². The average molecular weight is 670 g/mol. The van der Waals surface area contributed by atoms with Gasteiger partial charge in [-0.3, -0.25) is 9.59 Å². The number of amides is 2. The summed E-state index contributed by atoms with van der Waals surface area (Å²) < 4.78 is 12.2. The van der Waals surface area contributed by atoms with E-state index < -0.39 is 36.6 Å². The van der Waals surface area contributed by atoms with Gasteiger partial charge in [-0.1, -0.05) is 35.3 Å². The van der Waals surface area contributed by atoms with E-state index in [1.165, 1.54) is 0 Å². The van der Waals surface area contributed by atoms with Gasteiger partial charge in [0, 0.05) is 30.1 Å². The largest absolute Gasteiger partial charge is 0.488 e. The first-order valence-electron chi connectivity index (χ1n) is 15.2. The number of hydrogen-bond donors (Lipinski definition) is 6. The van der Waals surface area contributed by atoms with Crippen molar-refractivity contribution < 1.29 is 44.6 Å². The number of halogens is 2. The minimum atomic E-state index is -1.75. The fourth-order valence-electron chi connectivity index (χ4n) is 4.89. The van der Waals surface area contributed by atoms with Gasteiger partial charge in [0.15, 0.2) is 0 Å². The Morgan fingerprint density at radius 2 is 1.64 bits per heavy atom. The fraction of sp³-hybridized carbons (Fsp3) is 0.562. The summed E-state index contributed by atoms with van der Waals surface area (Å²) in [7, 11) is 1.73. The van der Waals surface area contributed by atoms with Crippen molar-refractivity contribution in [1.82, 2.24) is 5.32 Å². The van der Waals surface area contributed by atoms with E-state index in [0.29, 0.717) is 59.1 Å². The summed E-state index contributed by atoms with van der Waals surface area (Å²) in [5.74, 6) is 0.188. The highest BCUT2D eigenvalue weighted by molar-refractivity contribution is 6.34. The Kier molecular flexibility index (Phi) is 12.5. The topological polar surface area (TPSA) is 169 Å². The molecule has 4 rings (SSSR count). The number of hydrogen-bond acceptors (Lipinski definition) is 9. The molecule has 0 aliphatic heterocycles. The molecule has 0 radical (unpaired) electrons. The number of anilines is 1. The van der Waals surface area contributed by atoms with Gasteiger partial charge >= 0.3 is 0 Å². The van der Waals surface area contributed by atoms with E-state index in [-0.39, 0.29) is 37.5 Å². The molecule has 2 aliphatic carbocycles. The molecule has 0 saturated heterocycles. The number of unbranched alkanes of at least 4 members (excludes halogenated alkanes) is 1. The molecule has 2 aromatic carbocycles. The standard InChI is InChI=1S/C32H42Cl2N2O9/c1-36(24-7-3-4-8-27(24)45-21-10-11-21)31(43)32(12-13-32)44-18-20-15-22(33)19(14-23(20)34)6-2-5-9-28(40)35-16-25(38)29(41)30(42)26(39)17-37/h3-4,7-8,14-15,21,25-26,29-30,37-39,41-42H,2,5-6,9-13,16-18H2,1H3,(H,35,40)/t25-,26+,29+,30+/m0/s1. The van der Waals surface area contributed by atoms with Crippen molar-refractivity contribution in [2.75, 3.05) is 25.1 Å². The Morgan fingerprint density at radius 3 is 2.31 bits per heavy atom. The third-order valence-corrected chi connectivity index (χ3v) is 8.80. The SMILES string of the molecule is CN(C(=O)C1(OCc2cc(Cl)c(CCCCC(=O)NC[C@H](O)[C@@H](O)[C@H](O)[C@H](O)CO)cc2Cl)CC1)c1ccccc1OC1CC1. The minimum Gasteiger partial charge on any atom is -0.488 e. The molecule has 0 spiro atoms. The Morgan fingerprint density at radius 1 is 1.00 bits per heavy atom. The number of para-hydroxylation sites is 2. The van der Waals surface area contributed by atoms with Crippen LogP contribution in [0.1, 0.15) is 56.1 Å².